The highest BCUT2D eigenvalue weighted by Gasteiger charge is 2.19. The lowest BCUT2D eigenvalue weighted by atomic mass is 10.0. The SMILES string of the molecule is Cc1nc(COc2cc(C(SCCC(=O)O)c3cccc(C(=O)O)c3)ccc2Br)sc1C. The summed E-state index contributed by atoms with van der Waals surface area (Å²) in [6.07, 6.45) is 0.0163. The normalized spacial score (nSPS) is 11.8. The van der Waals surface area contributed by atoms with Gasteiger partial charge in [0.05, 0.1) is 27.4 Å². The van der Waals surface area contributed by atoms with E-state index >= 15 is 0 Å². The van der Waals surface area contributed by atoms with Crippen molar-refractivity contribution in [1.29, 1.82) is 0 Å². The Hall–Kier alpha value is -2.36. The highest BCUT2D eigenvalue weighted by atomic mass is 79.9. The van der Waals surface area contributed by atoms with Crippen molar-refractivity contribution in [3.63, 3.8) is 0 Å². The number of carboxylic acid groups (broad SMARTS) is 2. The molecule has 0 saturated carbocycles. The smallest absolute Gasteiger partial charge is 0.335 e. The molecule has 1 heterocycles. The zero-order chi connectivity index (χ0) is 23.3. The zero-order valence-electron chi connectivity index (χ0n) is 17.5. The highest BCUT2D eigenvalue weighted by Crippen LogP contribution is 2.39. The molecule has 0 aliphatic rings. The summed E-state index contributed by atoms with van der Waals surface area (Å²) in [4.78, 5) is 28.1. The van der Waals surface area contributed by atoms with Crippen molar-refractivity contribution in [2.45, 2.75) is 32.1 Å². The third-order valence-corrected chi connectivity index (χ3v) is 7.74. The average Bonchev–Trinajstić information content (AvgIpc) is 3.08. The van der Waals surface area contributed by atoms with Crippen LogP contribution in [0.25, 0.3) is 0 Å². The van der Waals surface area contributed by atoms with Crippen LogP contribution in [-0.2, 0) is 11.4 Å². The molecule has 0 saturated heterocycles. The van der Waals surface area contributed by atoms with Crippen molar-refractivity contribution in [2.24, 2.45) is 0 Å². The summed E-state index contributed by atoms with van der Waals surface area (Å²) in [5.41, 5.74) is 2.87. The number of nitrogens with zero attached hydrogens (tertiary/aromatic N) is 1. The first-order chi connectivity index (χ1) is 15.2. The van der Waals surface area contributed by atoms with Crippen LogP contribution in [0.2, 0.25) is 0 Å². The Morgan fingerprint density at radius 1 is 1.16 bits per heavy atom. The predicted molar refractivity (Wildman–Crippen MR) is 130 cm³/mol. The number of aromatic carboxylic acids is 1. The van der Waals surface area contributed by atoms with Gasteiger partial charge in [0.1, 0.15) is 17.4 Å². The van der Waals surface area contributed by atoms with Crippen molar-refractivity contribution in [1.82, 2.24) is 4.98 Å². The number of carboxylic acids is 2. The van der Waals surface area contributed by atoms with E-state index in [0.717, 1.165) is 31.2 Å². The van der Waals surface area contributed by atoms with E-state index in [0.29, 0.717) is 18.1 Å². The maximum atomic E-state index is 11.4. The minimum atomic E-state index is -1.00. The van der Waals surface area contributed by atoms with Gasteiger partial charge in [0, 0.05) is 10.6 Å². The second kappa shape index (κ2) is 11.0. The van der Waals surface area contributed by atoms with Crippen molar-refractivity contribution in [2.75, 3.05) is 5.75 Å². The maximum Gasteiger partial charge on any atom is 0.335 e. The first-order valence-electron chi connectivity index (χ1n) is 9.76. The Labute approximate surface area is 202 Å². The number of aryl methyl sites for hydroxylation is 2. The lowest BCUT2D eigenvalue weighted by Crippen LogP contribution is -2.04. The van der Waals surface area contributed by atoms with Gasteiger partial charge in [-0.1, -0.05) is 18.2 Å². The molecule has 3 aromatic rings. The molecule has 0 spiro atoms. The number of halogens is 1. The minimum Gasteiger partial charge on any atom is -0.485 e. The summed E-state index contributed by atoms with van der Waals surface area (Å²) in [6.45, 7) is 4.33. The minimum absolute atomic E-state index is 0.0163. The van der Waals surface area contributed by atoms with Gasteiger partial charge in [-0.15, -0.1) is 23.1 Å². The highest BCUT2D eigenvalue weighted by molar-refractivity contribution is 9.10. The Morgan fingerprint density at radius 3 is 2.56 bits per heavy atom. The zero-order valence-corrected chi connectivity index (χ0v) is 20.7. The molecule has 0 radical (unpaired) electrons. The molecule has 0 bridgehead atoms. The number of benzene rings is 2. The third-order valence-electron chi connectivity index (χ3n) is 4.72. The van der Waals surface area contributed by atoms with Gasteiger partial charge >= 0.3 is 11.9 Å². The third kappa shape index (κ3) is 6.34. The van der Waals surface area contributed by atoms with E-state index in [1.54, 1.807) is 29.5 Å². The number of thiazole rings is 1. The number of aliphatic carboxylic acids is 1. The van der Waals surface area contributed by atoms with E-state index in [1.807, 2.05) is 38.1 Å². The largest absolute Gasteiger partial charge is 0.485 e. The van der Waals surface area contributed by atoms with Crippen LogP contribution in [0.5, 0.6) is 5.75 Å². The number of rotatable bonds is 10. The van der Waals surface area contributed by atoms with E-state index < -0.39 is 11.9 Å². The number of thioether (sulfide) groups is 1. The van der Waals surface area contributed by atoms with Crippen LogP contribution in [0.15, 0.2) is 46.9 Å². The summed E-state index contributed by atoms with van der Waals surface area (Å²) in [7, 11) is 0. The molecule has 1 atom stereocenters. The van der Waals surface area contributed by atoms with Gasteiger partial charge in [-0.05, 0) is 65.2 Å². The molecule has 1 unspecified atom stereocenters. The van der Waals surface area contributed by atoms with E-state index in [2.05, 4.69) is 20.9 Å². The topological polar surface area (TPSA) is 96.7 Å². The number of hydrogen-bond acceptors (Lipinski definition) is 6. The molecule has 3 rings (SSSR count). The molecule has 0 aliphatic heterocycles. The van der Waals surface area contributed by atoms with Crippen LogP contribution in [0.3, 0.4) is 0 Å². The van der Waals surface area contributed by atoms with E-state index in [1.165, 1.54) is 11.8 Å². The van der Waals surface area contributed by atoms with E-state index in [9.17, 15) is 14.7 Å². The second-order valence-electron chi connectivity index (χ2n) is 7.05. The van der Waals surface area contributed by atoms with Gasteiger partial charge in [-0.25, -0.2) is 9.78 Å². The Kier molecular flexibility index (Phi) is 8.33. The van der Waals surface area contributed by atoms with Crippen molar-refractivity contribution in [3.05, 3.63) is 79.2 Å². The molecule has 0 aliphatic carbocycles. The summed E-state index contributed by atoms with van der Waals surface area (Å²) >= 11 is 6.58. The molecule has 0 fully saturated rings. The lowest BCUT2D eigenvalue weighted by Gasteiger charge is -2.19. The van der Waals surface area contributed by atoms with Crippen LogP contribution in [0.1, 0.15) is 48.7 Å². The number of hydrogen-bond donors (Lipinski definition) is 2. The molecule has 0 amide bonds. The molecule has 2 N–H and O–H groups in total. The molecular weight excluding hydrogens is 514 g/mol. The van der Waals surface area contributed by atoms with Crippen LogP contribution in [-0.4, -0.2) is 32.9 Å². The fourth-order valence-electron chi connectivity index (χ4n) is 3.02. The fourth-order valence-corrected chi connectivity index (χ4v) is 5.43. The Morgan fingerprint density at radius 2 is 1.91 bits per heavy atom. The van der Waals surface area contributed by atoms with Crippen LogP contribution in [0.4, 0.5) is 0 Å². The van der Waals surface area contributed by atoms with E-state index in [-0.39, 0.29) is 17.2 Å². The second-order valence-corrected chi connectivity index (χ2v) is 10.4. The first kappa shape index (κ1) is 24.3. The van der Waals surface area contributed by atoms with Crippen molar-refractivity contribution in [3.8, 4) is 5.75 Å². The number of aromatic nitrogens is 1. The molecule has 168 valence electrons. The number of ether oxygens (including phenoxy) is 1. The quantitative estimate of drug-likeness (QED) is 0.323. The Balaban J connectivity index is 1.89. The monoisotopic (exact) mass is 535 g/mol. The molecule has 32 heavy (non-hydrogen) atoms. The van der Waals surface area contributed by atoms with Gasteiger partial charge in [-0.2, -0.15) is 0 Å². The number of carbonyl (C=O) groups is 2. The maximum absolute atomic E-state index is 11.4. The molecule has 2 aromatic carbocycles. The van der Waals surface area contributed by atoms with Gasteiger partial charge in [0.2, 0.25) is 0 Å². The lowest BCUT2D eigenvalue weighted by molar-refractivity contribution is -0.136. The van der Waals surface area contributed by atoms with Crippen LogP contribution >= 0.6 is 39.0 Å². The first-order valence-corrected chi connectivity index (χ1v) is 12.4. The van der Waals surface area contributed by atoms with Crippen molar-refractivity contribution < 1.29 is 24.5 Å². The van der Waals surface area contributed by atoms with Gasteiger partial charge < -0.3 is 14.9 Å². The van der Waals surface area contributed by atoms with Gasteiger partial charge in [0.15, 0.2) is 0 Å². The molecule has 6 nitrogen and oxygen atoms in total. The van der Waals surface area contributed by atoms with Gasteiger partial charge in [0.25, 0.3) is 0 Å². The summed E-state index contributed by atoms with van der Waals surface area (Å²) in [5, 5.41) is 19.1. The molecular formula is C23H22BrNO5S2. The summed E-state index contributed by atoms with van der Waals surface area (Å²) in [6, 6.07) is 12.4. The van der Waals surface area contributed by atoms with Gasteiger partial charge in [-0.3, -0.25) is 4.79 Å². The summed E-state index contributed by atoms with van der Waals surface area (Å²) < 4.78 is 6.82. The van der Waals surface area contributed by atoms with E-state index in [4.69, 9.17) is 9.84 Å². The average molecular weight is 536 g/mol. The predicted octanol–water partition coefficient (Wildman–Crippen LogP) is 6.10. The molecule has 9 heteroatoms. The van der Waals surface area contributed by atoms with Crippen LogP contribution < -0.4 is 4.74 Å². The standard InChI is InChI=1S/C23H22BrNO5S2/c1-13-14(2)32-20(25-13)12-30-19-11-16(6-7-18(19)24)22(31-9-8-21(26)27)15-4-3-5-17(10-15)23(28)29/h3-7,10-11,22H,8-9,12H2,1-2H3,(H,26,27)(H,28,29). The summed E-state index contributed by atoms with van der Waals surface area (Å²) in [5.74, 6) is -0.841. The van der Waals surface area contributed by atoms with Crippen LogP contribution in [0, 0.1) is 13.8 Å². The Bertz CT molecular complexity index is 1110. The fraction of sp³-hybridized carbons (Fsp3) is 0.261. The van der Waals surface area contributed by atoms with Crippen molar-refractivity contribution >= 4 is 51.0 Å². The molecule has 1 aromatic heterocycles.